The average Bonchev–Trinajstić information content (AvgIpc) is 3.28. The summed E-state index contributed by atoms with van der Waals surface area (Å²) in [5, 5.41) is 3.15. The van der Waals surface area contributed by atoms with E-state index in [0.717, 1.165) is 32.4 Å². The molecule has 158 valence electrons. The SMILES string of the molecule is C[C@H](NC(=O)CN1CCN(C(=O)[C@H]2CCCO2)CC1)c1ccc2c(c1)CCCC2. The molecule has 0 spiro atoms. The molecule has 3 aliphatic rings. The summed E-state index contributed by atoms with van der Waals surface area (Å²) in [5.74, 6) is 0.168. The quantitative estimate of drug-likeness (QED) is 0.823. The van der Waals surface area contributed by atoms with E-state index in [1.54, 1.807) is 0 Å². The molecule has 4 rings (SSSR count). The normalized spacial score (nSPS) is 23.5. The van der Waals surface area contributed by atoms with Gasteiger partial charge in [0.25, 0.3) is 5.91 Å². The lowest BCUT2D eigenvalue weighted by Gasteiger charge is -2.35. The second-order valence-corrected chi connectivity index (χ2v) is 8.63. The van der Waals surface area contributed by atoms with Gasteiger partial charge in [-0.25, -0.2) is 0 Å². The molecule has 0 bridgehead atoms. The predicted octanol–water partition coefficient (Wildman–Crippen LogP) is 2.07. The number of rotatable bonds is 5. The van der Waals surface area contributed by atoms with Crippen molar-refractivity contribution < 1.29 is 14.3 Å². The molecule has 2 heterocycles. The van der Waals surface area contributed by atoms with Crippen LogP contribution in [0.3, 0.4) is 0 Å². The van der Waals surface area contributed by atoms with E-state index in [9.17, 15) is 9.59 Å². The summed E-state index contributed by atoms with van der Waals surface area (Å²) in [4.78, 5) is 29.0. The number of nitrogens with zero attached hydrogens (tertiary/aromatic N) is 2. The van der Waals surface area contributed by atoms with Crippen molar-refractivity contribution in [1.82, 2.24) is 15.1 Å². The van der Waals surface area contributed by atoms with E-state index in [1.165, 1.54) is 36.0 Å². The van der Waals surface area contributed by atoms with E-state index in [1.807, 2.05) is 4.90 Å². The van der Waals surface area contributed by atoms with E-state index in [-0.39, 0.29) is 24.0 Å². The fourth-order valence-corrected chi connectivity index (χ4v) is 4.70. The van der Waals surface area contributed by atoms with Crippen molar-refractivity contribution in [2.45, 2.75) is 57.6 Å². The van der Waals surface area contributed by atoms with Crippen LogP contribution in [0.5, 0.6) is 0 Å². The zero-order valence-electron chi connectivity index (χ0n) is 17.5. The Balaban J connectivity index is 1.23. The van der Waals surface area contributed by atoms with Gasteiger partial charge < -0.3 is 15.0 Å². The van der Waals surface area contributed by atoms with Crippen LogP contribution in [0.4, 0.5) is 0 Å². The van der Waals surface area contributed by atoms with E-state index < -0.39 is 0 Å². The van der Waals surface area contributed by atoms with E-state index in [2.05, 4.69) is 35.3 Å². The van der Waals surface area contributed by atoms with E-state index >= 15 is 0 Å². The summed E-state index contributed by atoms with van der Waals surface area (Å²) in [6.07, 6.45) is 6.43. The van der Waals surface area contributed by atoms with Crippen molar-refractivity contribution in [2.75, 3.05) is 39.3 Å². The number of hydrogen-bond acceptors (Lipinski definition) is 4. The predicted molar refractivity (Wildman–Crippen MR) is 112 cm³/mol. The Morgan fingerprint density at radius 3 is 2.59 bits per heavy atom. The highest BCUT2D eigenvalue weighted by Crippen LogP contribution is 2.24. The van der Waals surface area contributed by atoms with Gasteiger partial charge in [0.15, 0.2) is 0 Å². The molecule has 2 fully saturated rings. The molecule has 2 aliphatic heterocycles. The van der Waals surface area contributed by atoms with Gasteiger partial charge >= 0.3 is 0 Å². The zero-order chi connectivity index (χ0) is 20.2. The lowest BCUT2D eigenvalue weighted by atomic mass is 9.89. The van der Waals surface area contributed by atoms with Crippen LogP contribution in [-0.4, -0.2) is 67.0 Å². The number of aryl methyl sites for hydroxylation is 2. The molecule has 1 aromatic rings. The van der Waals surface area contributed by atoms with Gasteiger partial charge in [0, 0.05) is 32.8 Å². The van der Waals surface area contributed by atoms with Gasteiger partial charge in [-0.15, -0.1) is 0 Å². The third-order valence-corrected chi connectivity index (χ3v) is 6.51. The first-order chi connectivity index (χ1) is 14.1. The van der Waals surface area contributed by atoms with Crippen molar-refractivity contribution in [3.8, 4) is 0 Å². The monoisotopic (exact) mass is 399 g/mol. The van der Waals surface area contributed by atoms with Gasteiger partial charge in [-0.05, 0) is 62.1 Å². The maximum absolute atomic E-state index is 12.6. The Kier molecular flexibility index (Phi) is 6.50. The lowest BCUT2D eigenvalue weighted by molar-refractivity contribution is -0.142. The summed E-state index contributed by atoms with van der Waals surface area (Å²) < 4.78 is 5.51. The highest BCUT2D eigenvalue weighted by atomic mass is 16.5. The molecule has 2 atom stereocenters. The Hall–Kier alpha value is -1.92. The van der Waals surface area contributed by atoms with Gasteiger partial charge in [-0.3, -0.25) is 14.5 Å². The smallest absolute Gasteiger partial charge is 0.251 e. The average molecular weight is 400 g/mol. The second-order valence-electron chi connectivity index (χ2n) is 8.63. The molecule has 29 heavy (non-hydrogen) atoms. The van der Waals surface area contributed by atoms with Crippen LogP contribution < -0.4 is 5.32 Å². The van der Waals surface area contributed by atoms with Crippen molar-refractivity contribution in [3.63, 3.8) is 0 Å². The number of ether oxygens (including phenoxy) is 1. The topological polar surface area (TPSA) is 61.9 Å². The maximum atomic E-state index is 12.6. The largest absolute Gasteiger partial charge is 0.368 e. The van der Waals surface area contributed by atoms with E-state index in [4.69, 9.17) is 4.74 Å². The lowest BCUT2D eigenvalue weighted by Crippen LogP contribution is -2.53. The van der Waals surface area contributed by atoms with E-state index in [0.29, 0.717) is 26.2 Å². The van der Waals surface area contributed by atoms with Gasteiger partial charge in [0.2, 0.25) is 5.91 Å². The third-order valence-electron chi connectivity index (χ3n) is 6.51. The standard InChI is InChI=1S/C23H33N3O3/c1-17(19-9-8-18-5-2-3-6-20(18)15-19)24-22(27)16-25-10-12-26(13-11-25)23(28)21-7-4-14-29-21/h8-9,15,17,21H,2-7,10-14,16H2,1H3,(H,24,27)/t17-,21+/m0/s1. The highest BCUT2D eigenvalue weighted by Gasteiger charge is 2.30. The molecule has 1 aromatic carbocycles. The molecule has 6 heteroatoms. The molecule has 0 unspecified atom stereocenters. The molecular formula is C23H33N3O3. The minimum Gasteiger partial charge on any atom is -0.368 e. The molecule has 1 N–H and O–H groups in total. The Labute approximate surface area is 173 Å². The Morgan fingerprint density at radius 1 is 1.10 bits per heavy atom. The number of carbonyl (C=O) groups excluding carboxylic acids is 2. The van der Waals surface area contributed by atoms with Crippen LogP contribution in [0.1, 0.15) is 55.3 Å². The van der Waals surface area contributed by atoms with Crippen LogP contribution in [-0.2, 0) is 27.2 Å². The van der Waals surface area contributed by atoms with Gasteiger partial charge in [0.05, 0.1) is 12.6 Å². The number of hydrogen-bond donors (Lipinski definition) is 1. The molecule has 2 amide bonds. The first kappa shape index (κ1) is 20.4. The molecule has 0 radical (unpaired) electrons. The first-order valence-corrected chi connectivity index (χ1v) is 11.1. The molecule has 0 aromatic heterocycles. The number of nitrogens with one attached hydrogen (secondary N) is 1. The Morgan fingerprint density at radius 2 is 1.86 bits per heavy atom. The maximum Gasteiger partial charge on any atom is 0.251 e. The fraction of sp³-hybridized carbons (Fsp3) is 0.652. The molecule has 2 saturated heterocycles. The molecule has 1 aliphatic carbocycles. The number of piperazine rings is 1. The van der Waals surface area contributed by atoms with Crippen molar-refractivity contribution in [2.24, 2.45) is 0 Å². The summed E-state index contributed by atoms with van der Waals surface area (Å²) in [7, 11) is 0. The molecule has 0 saturated carbocycles. The van der Waals surface area contributed by atoms with Gasteiger partial charge in [0.1, 0.15) is 6.10 Å². The summed E-state index contributed by atoms with van der Waals surface area (Å²) in [5.41, 5.74) is 4.10. The number of benzene rings is 1. The summed E-state index contributed by atoms with van der Waals surface area (Å²) in [6.45, 7) is 5.95. The number of carbonyl (C=O) groups is 2. The number of amides is 2. The van der Waals surface area contributed by atoms with Crippen LogP contribution in [0.15, 0.2) is 18.2 Å². The van der Waals surface area contributed by atoms with Crippen LogP contribution in [0.25, 0.3) is 0 Å². The van der Waals surface area contributed by atoms with Gasteiger partial charge in [-0.2, -0.15) is 0 Å². The highest BCUT2D eigenvalue weighted by molar-refractivity contribution is 5.81. The molecular weight excluding hydrogens is 366 g/mol. The van der Waals surface area contributed by atoms with Crippen molar-refractivity contribution in [3.05, 3.63) is 34.9 Å². The number of fused-ring (bicyclic) bond motifs is 1. The summed E-state index contributed by atoms with van der Waals surface area (Å²) in [6, 6.07) is 6.67. The fourth-order valence-electron chi connectivity index (χ4n) is 4.70. The van der Waals surface area contributed by atoms with Crippen LogP contribution >= 0.6 is 0 Å². The zero-order valence-corrected chi connectivity index (χ0v) is 17.5. The minimum atomic E-state index is -0.248. The van der Waals surface area contributed by atoms with Crippen molar-refractivity contribution in [1.29, 1.82) is 0 Å². The minimum absolute atomic E-state index is 0.0112. The van der Waals surface area contributed by atoms with Crippen LogP contribution in [0.2, 0.25) is 0 Å². The Bertz CT molecular complexity index is 737. The van der Waals surface area contributed by atoms with Crippen molar-refractivity contribution >= 4 is 11.8 Å². The molecule has 6 nitrogen and oxygen atoms in total. The van der Waals surface area contributed by atoms with Crippen LogP contribution in [0, 0.1) is 0 Å². The second kappa shape index (κ2) is 9.26. The third kappa shape index (κ3) is 4.98. The summed E-state index contributed by atoms with van der Waals surface area (Å²) >= 11 is 0. The van der Waals surface area contributed by atoms with Gasteiger partial charge in [-0.1, -0.05) is 18.2 Å². The first-order valence-electron chi connectivity index (χ1n) is 11.1.